The number of fused-ring (bicyclic) bond motifs is 1. The topological polar surface area (TPSA) is 44.8 Å². The van der Waals surface area contributed by atoms with Crippen LogP contribution in [0.1, 0.15) is 16.8 Å². The predicted octanol–water partition coefficient (Wildman–Crippen LogP) is 4.41. The Morgan fingerprint density at radius 3 is 2.68 bits per heavy atom. The van der Waals surface area contributed by atoms with E-state index in [9.17, 15) is 0 Å². The number of pyridine rings is 1. The fourth-order valence-corrected chi connectivity index (χ4v) is 3.41. The van der Waals surface area contributed by atoms with Gasteiger partial charge in [0.15, 0.2) is 4.77 Å². The summed E-state index contributed by atoms with van der Waals surface area (Å²) in [5, 5.41) is 0.737. The molecule has 0 atom stereocenters. The van der Waals surface area contributed by atoms with Gasteiger partial charge in [0.25, 0.3) is 0 Å². The van der Waals surface area contributed by atoms with Gasteiger partial charge in [-0.2, -0.15) is 0 Å². The predicted molar refractivity (Wildman–Crippen MR) is 102 cm³/mol. The monoisotopic (exact) mass is 368 g/mol. The van der Waals surface area contributed by atoms with Crippen molar-refractivity contribution in [2.45, 2.75) is 19.5 Å². The number of aromatic nitrogens is 3. The van der Waals surface area contributed by atoms with E-state index in [1.165, 1.54) is 16.8 Å². The average Bonchev–Trinajstić information content (AvgIpc) is 2.63. The molecule has 3 heterocycles. The van der Waals surface area contributed by atoms with Gasteiger partial charge in [0, 0.05) is 60.3 Å². The summed E-state index contributed by atoms with van der Waals surface area (Å²) in [6, 6.07) is 12.0. The largest absolute Gasteiger partial charge is 0.334 e. The minimum absolute atomic E-state index is 0.564. The van der Waals surface area contributed by atoms with Crippen LogP contribution in [-0.4, -0.2) is 26.4 Å². The lowest BCUT2D eigenvalue weighted by atomic mass is 10.1. The van der Waals surface area contributed by atoms with Gasteiger partial charge in [-0.25, -0.2) is 4.98 Å². The molecule has 0 unspecified atom stereocenters. The summed E-state index contributed by atoms with van der Waals surface area (Å²) in [4.78, 5) is 14.4. The van der Waals surface area contributed by atoms with Crippen molar-refractivity contribution in [3.63, 3.8) is 0 Å². The molecule has 6 heteroatoms. The third-order valence-corrected chi connectivity index (χ3v) is 4.89. The number of halogens is 1. The summed E-state index contributed by atoms with van der Waals surface area (Å²) in [6.45, 7) is 2.76. The number of hydrogen-bond donors (Lipinski definition) is 1. The van der Waals surface area contributed by atoms with E-state index in [0.717, 1.165) is 42.3 Å². The van der Waals surface area contributed by atoms with Crippen LogP contribution in [0.5, 0.6) is 0 Å². The van der Waals surface area contributed by atoms with Crippen LogP contribution in [0.2, 0.25) is 5.02 Å². The summed E-state index contributed by atoms with van der Waals surface area (Å²) in [5.74, 6) is 0. The van der Waals surface area contributed by atoms with Gasteiger partial charge >= 0.3 is 0 Å². The Balaban J connectivity index is 1.46. The zero-order chi connectivity index (χ0) is 17.2. The molecule has 0 radical (unpaired) electrons. The molecule has 126 valence electrons. The lowest BCUT2D eigenvalue weighted by Crippen LogP contribution is -2.30. The van der Waals surface area contributed by atoms with Crippen LogP contribution in [0, 0.1) is 4.77 Å². The van der Waals surface area contributed by atoms with Crippen LogP contribution < -0.4 is 0 Å². The summed E-state index contributed by atoms with van der Waals surface area (Å²) >= 11 is 11.0. The van der Waals surface area contributed by atoms with Gasteiger partial charge in [-0.05, 0) is 36.0 Å². The Morgan fingerprint density at radius 2 is 1.92 bits per heavy atom. The molecular weight excluding hydrogens is 352 g/mol. The number of nitrogens with one attached hydrogen (secondary N) is 1. The van der Waals surface area contributed by atoms with Crippen molar-refractivity contribution in [3.8, 4) is 11.3 Å². The molecule has 0 aliphatic carbocycles. The minimum Gasteiger partial charge on any atom is -0.334 e. The van der Waals surface area contributed by atoms with Gasteiger partial charge in [-0.15, -0.1) is 0 Å². The molecule has 0 amide bonds. The van der Waals surface area contributed by atoms with E-state index in [1.807, 2.05) is 36.7 Å². The highest BCUT2D eigenvalue weighted by Gasteiger charge is 2.17. The molecule has 2 aromatic heterocycles. The third kappa shape index (κ3) is 3.79. The Kier molecular flexibility index (Phi) is 4.61. The molecule has 0 saturated carbocycles. The maximum atomic E-state index is 5.94. The van der Waals surface area contributed by atoms with Crippen molar-refractivity contribution in [1.29, 1.82) is 0 Å². The standard InChI is InChI=1S/C19H17ClN4S/c20-16-4-2-14(3-5-16)17-6-1-13(9-21-17)11-24-8-7-18-15(12-24)10-22-19(25)23-18/h1-6,9-10H,7-8,11-12H2,(H,22,23,25). The second kappa shape index (κ2) is 7.04. The quantitative estimate of drug-likeness (QED) is 0.695. The Hall–Kier alpha value is -2.08. The molecule has 0 fully saturated rings. The van der Waals surface area contributed by atoms with E-state index in [-0.39, 0.29) is 0 Å². The first-order valence-electron chi connectivity index (χ1n) is 8.18. The van der Waals surface area contributed by atoms with Gasteiger partial charge in [-0.3, -0.25) is 9.88 Å². The van der Waals surface area contributed by atoms with E-state index in [1.54, 1.807) is 0 Å². The zero-order valence-corrected chi connectivity index (χ0v) is 15.1. The van der Waals surface area contributed by atoms with Crippen molar-refractivity contribution >= 4 is 23.8 Å². The van der Waals surface area contributed by atoms with Crippen LogP contribution >= 0.6 is 23.8 Å². The molecule has 1 aliphatic rings. The van der Waals surface area contributed by atoms with Gasteiger partial charge < -0.3 is 4.98 Å². The number of benzene rings is 1. The molecule has 4 nitrogen and oxygen atoms in total. The summed E-state index contributed by atoms with van der Waals surface area (Å²) in [5.41, 5.74) is 5.68. The molecule has 3 aromatic rings. The molecule has 0 bridgehead atoms. The third-order valence-electron chi connectivity index (χ3n) is 4.43. The zero-order valence-electron chi connectivity index (χ0n) is 13.6. The number of H-pyrrole nitrogens is 1. The number of rotatable bonds is 3. The van der Waals surface area contributed by atoms with Crippen LogP contribution in [0.15, 0.2) is 48.8 Å². The van der Waals surface area contributed by atoms with Crippen molar-refractivity contribution in [2.24, 2.45) is 0 Å². The Labute approximate surface area is 156 Å². The smallest absolute Gasteiger partial charge is 0.196 e. The minimum atomic E-state index is 0.564. The fourth-order valence-electron chi connectivity index (χ4n) is 3.11. The molecule has 4 rings (SSSR count). The first-order valence-corrected chi connectivity index (χ1v) is 8.96. The van der Waals surface area contributed by atoms with Crippen molar-refractivity contribution < 1.29 is 0 Å². The maximum Gasteiger partial charge on any atom is 0.196 e. The first kappa shape index (κ1) is 16.4. The first-order chi connectivity index (χ1) is 12.2. The normalized spacial score (nSPS) is 14.3. The van der Waals surface area contributed by atoms with E-state index in [2.05, 4.69) is 32.0 Å². The van der Waals surface area contributed by atoms with Gasteiger partial charge in [0.1, 0.15) is 0 Å². The molecule has 25 heavy (non-hydrogen) atoms. The summed E-state index contributed by atoms with van der Waals surface area (Å²) in [7, 11) is 0. The Morgan fingerprint density at radius 1 is 1.08 bits per heavy atom. The summed E-state index contributed by atoms with van der Waals surface area (Å²) in [6.07, 6.45) is 4.82. The molecule has 0 spiro atoms. The number of nitrogens with zero attached hydrogens (tertiary/aromatic N) is 3. The second-order valence-corrected chi connectivity index (χ2v) is 7.03. The van der Waals surface area contributed by atoms with Gasteiger partial charge in [-0.1, -0.05) is 29.8 Å². The van der Waals surface area contributed by atoms with Crippen LogP contribution in [0.25, 0.3) is 11.3 Å². The van der Waals surface area contributed by atoms with Crippen molar-refractivity contribution in [3.05, 3.63) is 75.4 Å². The van der Waals surface area contributed by atoms with Crippen LogP contribution in [-0.2, 0) is 19.5 Å². The van der Waals surface area contributed by atoms with Gasteiger partial charge in [0.2, 0.25) is 0 Å². The van der Waals surface area contributed by atoms with Crippen LogP contribution in [0.3, 0.4) is 0 Å². The van der Waals surface area contributed by atoms with E-state index in [4.69, 9.17) is 23.8 Å². The highest BCUT2D eigenvalue weighted by molar-refractivity contribution is 7.71. The average molecular weight is 369 g/mol. The lowest BCUT2D eigenvalue weighted by Gasteiger charge is -2.28. The fraction of sp³-hybridized carbons (Fsp3) is 0.211. The van der Waals surface area contributed by atoms with Crippen LogP contribution in [0.4, 0.5) is 0 Å². The lowest BCUT2D eigenvalue weighted by molar-refractivity contribution is 0.242. The van der Waals surface area contributed by atoms with Gasteiger partial charge in [0.05, 0.1) is 5.69 Å². The van der Waals surface area contributed by atoms with E-state index < -0.39 is 0 Å². The molecular formula is C19H17ClN4S. The number of hydrogen-bond acceptors (Lipinski definition) is 4. The molecule has 1 aliphatic heterocycles. The molecule has 1 N–H and O–H groups in total. The van der Waals surface area contributed by atoms with E-state index >= 15 is 0 Å². The van der Waals surface area contributed by atoms with E-state index in [0.29, 0.717) is 4.77 Å². The highest BCUT2D eigenvalue weighted by atomic mass is 35.5. The van der Waals surface area contributed by atoms with Crippen molar-refractivity contribution in [2.75, 3.05) is 6.54 Å². The number of aromatic amines is 1. The molecule has 1 aromatic carbocycles. The SMILES string of the molecule is S=c1ncc2c([nH]1)CCN(Cc1ccc(-c3ccc(Cl)cc3)nc1)C2. The maximum absolute atomic E-state index is 5.94. The second-order valence-electron chi connectivity index (χ2n) is 6.21. The Bertz CT molecular complexity index is 935. The highest BCUT2D eigenvalue weighted by Crippen LogP contribution is 2.21. The van der Waals surface area contributed by atoms with Crippen molar-refractivity contribution in [1.82, 2.24) is 19.9 Å². The summed E-state index contributed by atoms with van der Waals surface area (Å²) < 4.78 is 0.564. The molecule has 0 saturated heterocycles.